The minimum Gasteiger partial charge on any atom is -0.495 e. The molecule has 1 aliphatic rings. The molecule has 2 aromatic carbocycles. The first-order valence-corrected chi connectivity index (χ1v) is 11.9. The Bertz CT molecular complexity index is 1230. The maximum absolute atomic E-state index is 13.1. The fraction of sp³-hybridized carbons (Fsp3) is 0.304. The van der Waals surface area contributed by atoms with Gasteiger partial charge >= 0.3 is 0 Å². The molecule has 2 heterocycles. The number of nitrogens with one attached hydrogen (secondary N) is 2. The highest BCUT2D eigenvalue weighted by molar-refractivity contribution is 7.89. The van der Waals surface area contributed by atoms with Crippen LogP contribution in [0.1, 0.15) is 34.5 Å². The fourth-order valence-electron chi connectivity index (χ4n) is 3.77. The van der Waals surface area contributed by atoms with E-state index in [4.69, 9.17) is 4.74 Å². The van der Waals surface area contributed by atoms with E-state index in [1.54, 1.807) is 24.3 Å². The summed E-state index contributed by atoms with van der Waals surface area (Å²) in [5.74, 6) is -0.00203. The number of hydrogen-bond acceptors (Lipinski definition) is 5. The Hall–Kier alpha value is -3.17. The van der Waals surface area contributed by atoms with Crippen molar-refractivity contribution in [2.75, 3.05) is 20.2 Å². The molecule has 0 aliphatic carbocycles. The van der Waals surface area contributed by atoms with E-state index in [-0.39, 0.29) is 16.6 Å². The lowest BCUT2D eigenvalue weighted by Crippen LogP contribution is -2.28. The number of nitrogens with zero attached hydrogens (tertiary/aromatic N) is 2. The summed E-state index contributed by atoms with van der Waals surface area (Å²) in [5, 5.41) is 9.84. The summed E-state index contributed by atoms with van der Waals surface area (Å²) < 4.78 is 33.0. The fourth-order valence-corrected chi connectivity index (χ4v) is 5.47. The van der Waals surface area contributed by atoms with Crippen LogP contribution in [0.15, 0.2) is 53.4 Å². The molecule has 2 N–H and O–H groups in total. The Morgan fingerprint density at radius 2 is 1.91 bits per heavy atom. The van der Waals surface area contributed by atoms with Crippen LogP contribution in [0.3, 0.4) is 0 Å². The number of H-pyrrole nitrogens is 1. The van der Waals surface area contributed by atoms with E-state index in [2.05, 4.69) is 15.5 Å². The van der Waals surface area contributed by atoms with Gasteiger partial charge in [-0.05, 0) is 55.2 Å². The first-order valence-electron chi connectivity index (χ1n) is 10.5. The van der Waals surface area contributed by atoms with Crippen molar-refractivity contribution in [1.29, 1.82) is 0 Å². The van der Waals surface area contributed by atoms with E-state index < -0.39 is 10.0 Å². The number of benzene rings is 2. The van der Waals surface area contributed by atoms with Crippen LogP contribution in [0.25, 0.3) is 11.3 Å². The van der Waals surface area contributed by atoms with E-state index in [9.17, 15) is 13.2 Å². The number of aryl methyl sites for hydroxylation is 1. The predicted octanol–water partition coefficient (Wildman–Crippen LogP) is 3.11. The van der Waals surface area contributed by atoms with Crippen LogP contribution < -0.4 is 10.1 Å². The Balaban J connectivity index is 1.56. The SMILES string of the molecule is COc1ccc(-c2cc(C(=O)NCc3ccccc3C)[nH]n2)cc1S(=O)(=O)N1CCCC1. The molecule has 0 unspecified atom stereocenters. The molecule has 9 heteroatoms. The quantitative estimate of drug-likeness (QED) is 0.571. The van der Waals surface area contributed by atoms with Gasteiger partial charge < -0.3 is 10.1 Å². The van der Waals surface area contributed by atoms with Crippen molar-refractivity contribution < 1.29 is 17.9 Å². The van der Waals surface area contributed by atoms with Gasteiger partial charge in [0.1, 0.15) is 16.3 Å². The van der Waals surface area contributed by atoms with Gasteiger partial charge in [-0.25, -0.2) is 8.42 Å². The second-order valence-corrected chi connectivity index (χ2v) is 9.66. The van der Waals surface area contributed by atoms with Gasteiger partial charge in [0.15, 0.2) is 0 Å². The maximum atomic E-state index is 13.1. The summed E-state index contributed by atoms with van der Waals surface area (Å²) >= 11 is 0. The smallest absolute Gasteiger partial charge is 0.269 e. The van der Waals surface area contributed by atoms with Crippen LogP contribution in [0.5, 0.6) is 5.75 Å². The number of aromatic nitrogens is 2. The summed E-state index contributed by atoms with van der Waals surface area (Å²) in [6.07, 6.45) is 1.70. The number of hydrogen-bond donors (Lipinski definition) is 2. The topological polar surface area (TPSA) is 104 Å². The van der Waals surface area contributed by atoms with Crippen LogP contribution >= 0.6 is 0 Å². The van der Waals surface area contributed by atoms with Crippen molar-refractivity contribution in [2.45, 2.75) is 31.2 Å². The van der Waals surface area contributed by atoms with Crippen LogP contribution in [0, 0.1) is 6.92 Å². The second kappa shape index (κ2) is 9.13. The van der Waals surface area contributed by atoms with Crippen molar-refractivity contribution in [2.24, 2.45) is 0 Å². The number of ether oxygens (including phenoxy) is 1. The van der Waals surface area contributed by atoms with Crippen LogP contribution in [0.4, 0.5) is 0 Å². The average molecular weight is 455 g/mol. The van der Waals surface area contributed by atoms with Crippen molar-refractivity contribution in [3.63, 3.8) is 0 Å². The summed E-state index contributed by atoms with van der Waals surface area (Å²) in [4.78, 5) is 12.7. The number of sulfonamides is 1. The minimum atomic E-state index is -3.67. The third kappa shape index (κ3) is 4.39. The molecule has 0 bridgehead atoms. The van der Waals surface area contributed by atoms with Gasteiger partial charge in [0.2, 0.25) is 10.0 Å². The summed E-state index contributed by atoms with van der Waals surface area (Å²) in [7, 11) is -2.23. The molecule has 1 aromatic heterocycles. The molecule has 4 rings (SSSR count). The molecule has 1 saturated heterocycles. The van der Waals surface area contributed by atoms with Gasteiger partial charge in [-0.3, -0.25) is 9.89 Å². The van der Waals surface area contributed by atoms with Gasteiger partial charge in [0.25, 0.3) is 5.91 Å². The lowest BCUT2D eigenvalue weighted by Gasteiger charge is -2.18. The van der Waals surface area contributed by atoms with Gasteiger partial charge in [0, 0.05) is 25.2 Å². The molecular formula is C23H26N4O4S. The highest BCUT2D eigenvalue weighted by Gasteiger charge is 2.30. The number of carbonyl (C=O) groups excluding carboxylic acids is 1. The highest BCUT2D eigenvalue weighted by Crippen LogP contribution is 2.32. The zero-order chi connectivity index (χ0) is 22.7. The summed E-state index contributed by atoms with van der Waals surface area (Å²) in [6.45, 7) is 3.40. The molecule has 32 heavy (non-hydrogen) atoms. The standard InChI is InChI=1S/C23H26N4O4S/c1-16-7-3-4-8-18(16)15-24-23(28)20-14-19(25-26-20)17-9-10-21(31-2)22(13-17)32(29,30)27-11-5-6-12-27/h3-4,7-10,13-14H,5-6,11-12,15H2,1-2H3,(H,24,28)(H,25,26). The molecule has 0 atom stereocenters. The third-order valence-corrected chi connectivity index (χ3v) is 7.59. The molecule has 0 radical (unpaired) electrons. The molecule has 8 nitrogen and oxygen atoms in total. The lowest BCUT2D eigenvalue weighted by molar-refractivity contribution is 0.0946. The summed E-state index contributed by atoms with van der Waals surface area (Å²) in [6, 6.07) is 14.4. The minimum absolute atomic E-state index is 0.105. The van der Waals surface area contributed by atoms with E-state index >= 15 is 0 Å². The monoisotopic (exact) mass is 454 g/mol. The zero-order valence-corrected chi connectivity index (χ0v) is 18.9. The van der Waals surface area contributed by atoms with Crippen LogP contribution in [0.2, 0.25) is 0 Å². The predicted molar refractivity (Wildman–Crippen MR) is 121 cm³/mol. The Kier molecular flexibility index (Phi) is 6.29. The zero-order valence-electron chi connectivity index (χ0n) is 18.1. The third-order valence-electron chi connectivity index (χ3n) is 5.67. The molecule has 1 fully saturated rings. The summed E-state index contributed by atoms with van der Waals surface area (Å²) in [5.41, 5.74) is 3.49. The molecule has 1 amide bonds. The van der Waals surface area contributed by atoms with Gasteiger partial charge in [0.05, 0.1) is 12.8 Å². The molecule has 3 aromatic rings. The van der Waals surface area contributed by atoms with Crippen molar-refractivity contribution in [3.05, 3.63) is 65.4 Å². The molecule has 0 saturated carbocycles. The molecule has 168 valence electrons. The van der Waals surface area contributed by atoms with Crippen LogP contribution in [-0.2, 0) is 16.6 Å². The number of aromatic amines is 1. The first kappa shape index (κ1) is 22.0. The van der Waals surface area contributed by atoms with E-state index in [0.29, 0.717) is 36.6 Å². The Morgan fingerprint density at radius 1 is 1.16 bits per heavy atom. The number of rotatable bonds is 7. The van der Waals surface area contributed by atoms with E-state index in [0.717, 1.165) is 24.0 Å². The Morgan fingerprint density at radius 3 is 2.62 bits per heavy atom. The molecular weight excluding hydrogens is 428 g/mol. The first-order chi connectivity index (χ1) is 15.4. The normalized spacial score (nSPS) is 14.4. The number of methoxy groups -OCH3 is 1. The number of carbonyl (C=O) groups is 1. The lowest BCUT2D eigenvalue weighted by atomic mass is 10.1. The average Bonchev–Trinajstić information content (AvgIpc) is 3.51. The second-order valence-electron chi connectivity index (χ2n) is 7.75. The van der Waals surface area contributed by atoms with Gasteiger partial charge in [-0.15, -0.1) is 0 Å². The molecule has 1 aliphatic heterocycles. The van der Waals surface area contributed by atoms with Gasteiger partial charge in [-0.2, -0.15) is 9.40 Å². The van der Waals surface area contributed by atoms with Crippen LogP contribution in [-0.4, -0.2) is 49.0 Å². The maximum Gasteiger partial charge on any atom is 0.269 e. The van der Waals surface area contributed by atoms with Gasteiger partial charge in [-0.1, -0.05) is 24.3 Å². The number of amides is 1. The van der Waals surface area contributed by atoms with E-state index in [1.807, 2.05) is 31.2 Å². The van der Waals surface area contributed by atoms with Crippen molar-refractivity contribution in [1.82, 2.24) is 19.8 Å². The molecule has 0 spiro atoms. The van der Waals surface area contributed by atoms with Crippen molar-refractivity contribution in [3.8, 4) is 17.0 Å². The highest BCUT2D eigenvalue weighted by atomic mass is 32.2. The Labute approximate surface area is 187 Å². The van der Waals surface area contributed by atoms with Crippen molar-refractivity contribution >= 4 is 15.9 Å². The van der Waals surface area contributed by atoms with E-state index in [1.165, 1.54) is 11.4 Å². The largest absolute Gasteiger partial charge is 0.495 e.